The monoisotopic (exact) mass is 451 g/mol. The fourth-order valence-corrected chi connectivity index (χ4v) is 4.70. The SMILES string of the molecule is Cc1ccc(F)c(-c2cccc(C(=O)Cc3cnccc3[C@H]3C[C@@H](N)[C@@H](O)[C@@H](C)C3)n2)c1F. The fourth-order valence-electron chi connectivity index (χ4n) is 4.70. The van der Waals surface area contributed by atoms with Gasteiger partial charge in [-0.15, -0.1) is 0 Å². The number of halogens is 2. The molecule has 1 aliphatic carbocycles. The van der Waals surface area contributed by atoms with Gasteiger partial charge >= 0.3 is 0 Å². The van der Waals surface area contributed by atoms with Crippen LogP contribution in [-0.2, 0) is 6.42 Å². The first kappa shape index (κ1) is 23.1. The number of nitrogens with zero attached hydrogens (tertiary/aromatic N) is 2. The molecule has 1 saturated carbocycles. The van der Waals surface area contributed by atoms with Gasteiger partial charge in [0, 0.05) is 24.9 Å². The van der Waals surface area contributed by atoms with Crippen LogP contribution < -0.4 is 5.73 Å². The molecule has 0 unspecified atom stereocenters. The van der Waals surface area contributed by atoms with Gasteiger partial charge in [-0.05, 0) is 72.6 Å². The molecule has 0 bridgehead atoms. The summed E-state index contributed by atoms with van der Waals surface area (Å²) in [6.45, 7) is 3.52. The second-order valence-corrected chi connectivity index (χ2v) is 8.94. The van der Waals surface area contributed by atoms with Gasteiger partial charge in [0.1, 0.15) is 17.3 Å². The predicted octanol–water partition coefficient (Wildman–Crippen LogP) is 4.36. The molecular weight excluding hydrogens is 424 g/mol. The van der Waals surface area contributed by atoms with Crippen LogP contribution in [0, 0.1) is 24.5 Å². The number of hydrogen-bond donors (Lipinski definition) is 2. The molecular formula is C26H27F2N3O2. The van der Waals surface area contributed by atoms with E-state index in [1.54, 1.807) is 31.5 Å². The lowest BCUT2D eigenvalue weighted by Gasteiger charge is -2.36. The number of rotatable bonds is 5. The van der Waals surface area contributed by atoms with Gasteiger partial charge in [0.2, 0.25) is 0 Å². The van der Waals surface area contributed by atoms with Gasteiger partial charge in [0.05, 0.1) is 17.4 Å². The third-order valence-electron chi connectivity index (χ3n) is 6.54. The second kappa shape index (κ2) is 9.45. The summed E-state index contributed by atoms with van der Waals surface area (Å²) < 4.78 is 28.9. The minimum atomic E-state index is -0.727. The zero-order chi connectivity index (χ0) is 23.7. The highest BCUT2D eigenvalue weighted by Gasteiger charge is 2.34. The summed E-state index contributed by atoms with van der Waals surface area (Å²) in [7, 11) is 0. The molecule has 0 saturated heterocycles. The molecule has 3 N–H and O–H groups in total. The van der Waals surface area contributed by atoms with Crippen molar-refractivity contribution in [1.82, 2.24) is 9.97 Å². The molecule has 1 aliphatic rings. The van der Waals surface area contributed by atoms with E-state index >= 15 is 0 Å². The van der Waals surface area contributed by atoms with Crippen LogP contribution in [0.15, 0.2) is 48.8 Å². The molecule has 0 radical (unpaired) electrons. The van der Waals surface area contributed by atoms with Crippen LogP contribution in [0.5, 0.6) is 0 Å². The van der Waals surface area contributed by atoms with Crippen molar-refractivity contribution in [3.8, 4) is 11.3 Å². The fraction of sp³-hybridized carbons (Fsp3) is 0.346. The van der Waals surface area contributed by atoms with Crippen molar-refractivity contribution in [2.45, 2.75) is 51.2 Å². The number of carbonyl (C=O) groups is 1. The number of benzene rings is 1. The third-order valence-corrected chi connectivity index (χ3v) is 6.54. The molecule has 2 heterocycles. The number of nitrogens with two attached hydrogens (primary N) is 1. The maximum Gasteiger partial charge on any atom is 0.185 e. The Balaban J connectivity index is 1.61. The van der Waals surface area contributed by atoms with Crippen LogP contribution in [0.4, 0.5) is 8.78 Å². The van der Waals surface area contributed by atoms with Gasteiger partial charge in [0.25, 0.3) is 0 Å². The molecule has 0 amide bonds. The summed E-state index contributed by atoms with van der Waals surface area (Å²) in [5.41, 5.74) is 8.16. The van der Waals surface area contributed by atoms with E-state index in [9.17, 15) is 18.7 Å². The molecule has 3 aromatic rings. The Morgan fingerprint density at radius 1 is 1.18 bits per heavy atom. The van der Waals surface area contributed by atoms with Gasteiger partial charge in [0.15, 0.2) is 5.78 Å². The highest BCUT2D eigenvalue weighted by atomic mass is 19.1. The van der Waals surface area contributed by atoms with Crippen molar-refractivity contribution in [3.63, 3.8) is 0 Å². The molecule has 1 fully saturated rings. The Bertz CT molecular complexity index is 1170. The van der Waals surface area contributed by atoms with E-state index in [0.29, 0.717) is 12.0 Å². The van der Waals surface area contributed by atoms with Crippen molar-refractivity contribution in [2.24, 2.45) is 11.7 Å². The number of Topliss-reactive ketones (excluding diaryl/α,β-unsaturated/α-hetero) is 1. The summed E-state index contributed by atoms with van der Waals surface area (Å²) in [4.78, 5) is 21.6. The number of ketones is 1. The number of aromatic nitrogens is 2. The van der Waals surface area contributed by atoms with E-state index in [-0.39, 0.29) is 47.0 Å². The standard InChI is InChI=1S/C26H27F2N3O2/c1-14-6-7-19(27)24(25(14)28)22-5-3-4-21(31-22)23(32)12-17-13-30-9-8-18(17)16-10-15(2)26(33)20(29)11-16/h3-9,13,15-16,20,26,33H,10-12,29H2,1-2H3/t15-,16+,20+,26-/m0/s1. The van der Waals surface area contributed by atoms with Crippen LogP contribution >= 0.6 is 0 Å². The Morgan fingerprint density at radius 2 is 1.97 bits per heavy atom. The Hall–Kier alpha value is -3.03. The van der Waals surface area contributed by atoms with Crippen LogP contribution in [0.2, 0.25) is 0 Å². The maximum absolute atomic E-state index is 14.6. The van der Waals surface area contributed by atoms with Crippen LogP contribution in [0.3, 0.4) is 0 Å². The average molecular weight is 452 g/mol. The lowest BCUT2D eigenvalue weighted by atomic mass is 9.74. The molecule has 4 atom stereocenters. The summed E-state index contributed by atoms with van der Waals surface area (Å²) in [5, 5.41) is 10.2. The predicted molar refractivity (Wildman–Crippen MR) is 122 cm³/mol. The van der Waals surface area contributed by atoms with Crippen molar-refractivity contribution >= 4 is 5.78 Å². The Kier molecular flexibility index (Phi) is 6.63. The van der Waals surface area contributed by atoms with E-state index in [1.165, 1.54) is 18.2 Å². The number of aliphatic hydroxyl groups excluding tert-OH is 1. The lowest BCUT2D eigenvalue weighted by Crippen LogP contribution is -2.44. The van der Waals surface area contributed by atoms with Crippen LogP contribution in [0.1, 0.15) is 52.9 Å². The number of hydrogen-bond acceptors (Lipinski definition) is 5. The van der Waals surface area contributed by atoms with E-state index in [4.69, 9.17) is 5.73 Å². The molecule has 4 rings (SSSR count). The first-order chi connectivity index (χ1) is 15.8. The molecule has 2 aromatic heterocycles. The number of aliphatic hydroxyl groups is 1. The molecule has 33 heavy (non-hydrogen) atoms. The van der Waals surface area contributed by atoms with Crippen LogP contribution in [0.25, 0.3) is 11.3 Å². The average Bonchev–Trinajstić information content (AvgIpc) is 2.80. The topological polar surface area (TPSA) is 89.1 Å². The first-order valence-electron chi connectivity index (χ1n) is 11.1. The first-order valence-corrected chi connectivity index (χ1v) is 11.1. The summed E-state index contributed by atoms with van der Waals surface area (Å²) >= 11 is 0. The van der Waals surface area contributed by atoms with E-state index in [0.717, 1.165) is 17.5 Å². The maximum atomic E-state index is 14.6. The zero-order valence-corrected chi connectivity index (χ0v) is 18.6. The smallest absolute Gasteiger partial charge is 0.185 e. The number of carbonyl (C=O) groups excluding carboxylic acids is 1. The largest absolute Gasteiger partial charge is 0.391 e. The molecule has 5 nitrogen and oxygen atoms in total. The van der Waals surface area contributed by atoms with Gasteiger partial charge in [-0.25, -0.2) is 13.8 Å². The van der Waals surface area contributed by atoms with Crippen molar-refractivity contribution in [3.05, 3.63) is 82.8 Å². The molecule has 1 aromatic carbocycles. The molecule has 0 spiro atoms. The van der Waals surface area contributed by atoms with E-state index < -0.39 is 17.7 Å². The van der Waals surface area contributed by atoms with Gasteiger partial charge in [-0.1, -0.05) is 19.1 Å². The zero-order valence-electron chi connectivity index (χ0n) is 18.6. The van der Waals surface area contributed by atoms with Gasteiger partial charge in [-0.3, -0.25) is 9.78 Å². The van der Waals surface area contributed by atoms with Crippen molar-refractivity contribution < 1.29 is 18.7 Å². The summed E-state index contributed by atoms with van der Waals surface area (Å²) in [6, 6.07) is 8.73. The second-order valence-electron chi connectivity index (χ2n) is 8.94. The Morgan fingerprint density at radius 3 is 2.73 bits per heavy atom. The van der Waals surface area contributed by atoms with Crippen molar-refractivity contribution in [2.75, 3.05) is 0 Å². The van der Waals surface area contributed by atoms with Gasteiger partial charge < -0.3 is 10.8 Å². The minimum absolute atomic E-state index is 0.0490. The van der Waals surface area contributed by atoms with E-state index in [2.05, 4.69) is 9.97 Å². The summed E-state index contributed by atoms with van der Waals surface area (Å²) in [5.74, 6) is -1.53. The highest BCUT2D eigenvalue weighted by Crippen LogP contribution is 2.37. The number of aryl methyl sites for hydroxylation is 1. The summed E-state index contributed by atoms with van der Waals surface area (Å²) in [6.07, 6.45) is 4.25. The number of pyridine rings is 2. The molecule has 7 heteroatoms. The third kappa shape index (κ3) is 4.70. The molecule has 172 valence electrons. The minimum Gasteiger partial charge on any atom is -0.391 e. The van der Waals surface area contributed by atoms with Gasteiger partial charge in [-0.2, -0.15) is 0 Å². The lowest BCUT2D eigenvalue weighted by molar-refractivity contribution is 0.0519. The van der Waals surface area contributed by atoms with Crippen LogP contribution in [-0.4, -0.2) is 33.0 Å². The molecule has 0 aliphatic heterocycles. The van der Waals surface area contributed by atoms with Crippen molar-refractivity contribution in [1.29, 1.82) is 0 Å². The Labute approximate surface area is 191 Å². The normalized spacial score (nSPS) is 22.8. The highest BCUT2D eigenvalue weighted by molar-refractivity contribution is 5.96. The quantitative estimate of drug-likeness (QED) is 0.563. The van der Waals surface area contributed by atoms with E-state index in [1.807, 2.05) is 13.0 Å².